The van der Waals surface area contributed by atoms with Crippen molar-refractivity contribution in [3.05, 3.63) is 0 Å². The summed E-state index contributed by atoms with van der Waals surface area (Å²) in [6, 6.07) is 0. The third-order valence-electron chi connectivity index (χ3n) is 3.66. The quantitative estimate of drug-likeness (QED) is 0.723. The van der Waals surface area contributed by atoms with Crippen LogP contribution >= 0.6 is 0 Å². The summed E-state index contributed by atoms with van der Waals surface area (Å²) in [5, 5.41) is 15.4. The largest absolute Gasteiger partial charge is 0.371 e. The molecule has 0 aromatic carbocycles. The number of aliphatic imine (C=N–C) groups is 2. The SMILES string of the molecule is CC(C)(CN=NCC(C)(C)C1=NCCN1)C1=NCCN1. The highest BCUT2D eigenvalue weighted by atomic mass is 15.1. The Labute approximate surface area is 121 Å². The fourth-order valence-corrected chi connectivity index (χ4v) is 2.31. The second-order valence-corrected chi connectivity index (χ2v) is 6.68. The lowest BCUT2D eigenvalue weighted by Gasteiger charge is -2.24. The molecule has 0 aliphatic carbocycles. The first kappa shape index (κ1) is 14.9. The van der Waals surface area contributed by atoms with Crippen LogP contribution < -0.4 is 10.6 Å². The highest BCUT2D eigenvalue weighted by Crippen LogP contribution is 2.21. The van der Waals surface area contributed by atoms with Crippen LogP contribution in [0.5, 0.6) is 0 Å². The summed E-state index contributed by atoms with van der Waals surface area (Å²) in [6.07, 6.45) is 0. The smallest absolute Gasteiger partial charge is 0.104 e. The minimum atomic E-state index is -0.0622. The summed E-state index contributed by atoms with van der Waals surface area (Å²) in [5.41, 5.74) is -0.124. The molecule has 0 amide bonds. The Balaban J connectivity index is 1.84. The van der Waals surface area contributed by atoms with Crippen LogP contribution in [-0.4, -0.2) is 50.9 Å². The molecule has 20 heavy (non-hydrogen) atoms. The van der Waals surface area contributed by atoms with Crippen LogP contribution in [0.15, 0.2) is 20.2 Å². The summed E-state index contributed by atoms with van der Waals surface area (Å²) in [5.74, 6) is 2.11. The van der Waals surface area contributed by atoms with Gasteiger partial charge in [0.05, 0.1) is 26.2 Å². The van der Waals surface area contributed by atoms with Crippen molar-refractivity contribution in [2.24, 2.45) is 31.0 Å². The van der Waals surface area contributed by atoms with Gasteiger partial charge in [0.2, 0.25) is 0 Å². The average Bonchev–Trinajstić information content (AvgIpc) is 3.05. The molecular formula is C14H26N6. The Morgan fingerprint density at radius 1 is 0.850 bits per heavy atom. The first-order valence-corrected chi connectivity index (χ1v) is 7.33. The van der Waals surface area contributed by atoms with E-state index in [0.717, 1.165) is 37.9 Å². The van der Waals surface area contributed by atoms with E-state index < -0.39 is 0 Å². The molecule has 2 aliphatic rings. The van der Waals surface area contributed by atoms with Gasteiger partial charge in [0.15, 0.2) is 0 Å². The number of rotatable bonds is 6. The average molecular weight is 278 g/mol. The maximum atomic E-state index is 4.47. The van der Waals surface area contributed by atoms with Gasteiger partial charge in [-0.25, -0.2) is 0 Å². The molecule has 6 nitrogen and oxygen atoms in total. The standard InChI is InChI=1S/C14H26N6/c1-13(2,11-15-5-6-16-11)9-19-20-10-14(3,4)12-17-7-8-18-12/h5-10H2,1-4H3,(H,15,16)(H,17,18). The molecular weight excluding hydrogens is 252 g/mol. The van der Waals surface area contributed by atoms with E-state index in [4.69, 9.17) is 0 Å². The van der Waals surface area contributed by atoms with Crippen molar-refractivity contribution in [3.63, 3.8) is 0 Å². The number of hydrogen-bond acceptors (Lipinski definition) is 6. The second-order valence-electron chi connectivity index (χ2n) is 6.68. The Morgan fingerprint density at radius 3 is 1.55 bits per heavy atom. The molecule has 2 N–H and O–H groups in total. The van der Waals surface area contributed by atoms with Gasteiger partial charge in [0.25, 0.3) is 0 Å². The molecule has 0 fully saturated rings. The topological polar surface area (TPSA) is 73.5 Å². The van der Waals surface area contributed by atoms with Crippen LogP contribution in [0.4, 0.5) is 0 Å². The summed E-state index contributed by atoms with van der Waals surface area (Å²) >= 11 is 0. The van der Waals surface area contributed by atoms with E-state index in [1.54, 1.807) is 0 Å². The first-order valence-electron chi connectivity index (χ1n) is 7.33. The second kappa shape index (κ2) is 5.89. The van der Waals surface area contributed by atoms with Crippen molar-refractivity contribution in [2.45, 2.75) is 27.7 Å². The Kier molecular flexibility index (Phi) is 4.40. The highest BCUT2D eigenvalue weighted by molar-refractivity contribution is 5.89. The summed E-state index contributed by atoms with van der Waals surface area (Å²) in [7, 11) is 0. The molecule has 6 heteroatoms. The molecule has 0 spiro atoms. The van der Waals surface area contributed by atoms with E-state index in [1.807, 2.05) is 0 Å². The number of nitrogens with zero attached hydrogens (tertiary/aromatic N) is 4. The zero-order chi connectivity index (χ0) is 14.6. The van der Waals surface area contributed by atoms with Gasteiger partial charge < -0.3 is 10.6 Å². The van der Waals surface area contributed by atoms with Gasteiger partial charge in [-0.3, -0.25) is 9.98 Å². The minimum absolute atomic E-state index is 0.0622. The summed E-state index contributed by atoms with van der Waals surface area (Å²) in [6.45, 7) is 13.5. The predicted octanol–water partition coefficient (Wildman–Crippen LogP) is 1.49. The fourth-order valence-electron chi connectivity index (χ4n) is 2.31. The van der Waals surface area contributed by atoms with E-state index in [2.05, 4.69) is 58.5 Å². The molecule has 0 unspecified atom stereocenters. The van der Waals surface area contributed by atoms with E-state index in [9.17, 15) is 0 Å². The van der Waals surface area contributed by atoms with Crippen LogP contribution in [0.1, 0.15) is 27.7 Å². The van der Waals surface area contributed by atoms with Crippen molar-refractivity contribution in [2.75, 3.05) is 39.3 Å². The number of amidine groups is 2. The monoisotopic (exact) mass is 278 g/mol. The van der Waals surface area contributed by atoms with Crippen molar-refractivity contribution in [1.82, 2.24) is 10.6 Å². The molecule has 112 valence electrons. The molecule has 2 heterocycles. The molecule has 0 saturated carbocycles. The van der Waals surface area contributed by atoms with Gasteiger partial charge in [0.1, 0.15) is 11.7 Å². The molecule has 2 rings (SSSR count). The van der Waals surface area contributed by atoms with Crippen LogP contribution in [0.3, 0.4) is 0 Å². The van der Waals surface area contributed by atoms with Gasteiger partial charge in [0, 0.05) is 23.9 Å². The van der Waals surface area contributed by atoms with Crippen molar-refractivity contribution >= 4 is 11.7 Å². The van der Waals surface area contributed by atoms with Gasteiger partial charge >= 0.3 is 0 Å². The van der Waals surface area contributed by atoms with Crippen LogP contribution in [0, 0.1) is 10.8 Å². The Hall–Kier alpha value is -1.46. The maximum Gasteiger partial charge on any atom is 0.104 e. The first-order chi connectivity index (χ1) is 9.42. The molecule has 0 atom stereocenters. The molecule has 0 bridgehead atoms. The number of azo groups is 1. The Morgan fingerprint density at radius 2 is 1.25 bits per heavy atom. The van der Waals surface area contributed by atoms with Crippen LogP contribution in [-0.2, 0) is 0 Å². The van der Waals surface area contributed by atoms with Gasteiger partial charge in [-0.15, -0.1) is 0 Å². The third-order valence-corrected chi connectivity index (χ3v) is 3.66. The van der Waals surface area contributed by atoms with Gasteiger partial charge in [-0.05, 0) is 0 Å². The van der Waals surface area contributed by atoms with E-state index in [1.165, 1.54) is 0 Å². The van der Waals surface area contributed by atoms with Crippen molar-refractivity contribution in [3.8, 4) is 0 Å². The lowest BCUT2D eigenvalue weighted by molar-refractivity contribution is 0.479. The lowest BCUT2D eigenvalue weighted by atomic mass is 9.91. The predicted molar refractivity (Wildman–Crippen MR) is 82.8 cm³/mol. The van der Waals surface area contributed by atoms with E-state index in [-0.39, 0.29) is 10.8 Å². The molecule has 0 aromatic heterocycles. The van der Waals surface area contributed by atoms with Gasteiger partial charge in [-0.2, -0.15) is 10.2 Å². The van der Waals surface area contributed by atoms with Crippen molar-refractivity contribution < 1.29 is 0 Å². The van der Waals surface area contributed by atoms with Gasteiger partial charge in [-0.1, -0.05) is 27.7 Å². The molecule has 0 saturated heterocycles. The van der Waals surface area contributed by atoms with E-state index in [0.29, 0.717) is 13.1 Å². The third kappa shape index (κ3) is 3.55. The van der Waals surface area contributed by atoms with Crippen LogP contribution in [0.25, 0.3) is 0 Å². The fraction of sp³-hybridized carbons (Fsp3) is 0.857. The molecule has 0 radical (unpaired) electrons. The normalized spacial score (nSPS) is 19.8. The zero-order valence-corrected chi connectivity index (χ0v) is 13.0. The molecule has 0 aromatic rings. The zero-order valence-electron chi connectivity index (χ0n) is 13.0. The number of hydrogen-bond donors (Lipinski definition) is 2. The summed E-state index contributed by atoms with van der Waals surface area (Å²) < 4.78 is 0. The summed E-state index contributed by atoms with van der Waals surface area (Å²) in [4.78, 5) is 8.95. The lowest BCUT2D eigenvalue weighted by Crippen LogP contribution is -2.37. The Bertz CT molecular complexity index is 393. The van der Waals surface area contributed by atoms with E-state index >= 15 is 0 Å². The highest BCUT2D eigenvalue weighted by Gasteiger charge is 2.28. The number of nitrogens with one attached hydrogen (secondary N) is 2. The van der Waals surface area contributed by atoms with Crippen LogP contribution in [0.2, 0.25) is 0 Å². The minimum Gasteiger partial charge on any atom is -0.371 e. The van der Waals surface area contributed by atoms with Crippen molar-refractivity contribution in [1.29, 1.82) is 0 Å². The molecule has 2 aliphatic heterocycles. The maximum absolute atomic E-state index is 4.47.